The molecule has 11 heavy (non-hydrogen) atoms. The third-order valence-corrected chi connectivity index (χ3v) is 2.38. The van der Waals surface area contributed by atoms with Gasteiger partial charge in [-0.2, -0.15) is 0 Å². The summed E-state index contributed by atoms with van der Waals surface area (Å²) in [5.74, 6) is 0. The topological polar surface area (TPSA) is 32.5 Å². The molecule has 0 aromatic rings. The number of hydrogen-bond donors (Lipinski definition) is 1. The lowest BCUT2D eigenvalue weighted by Crippen LogP contribution is -2.51. The Hall–Kier alpha value is -0.120. The third kappa shape index (κ3) is 2.43. The van der Waals surface area contributed by atoms with Crippen LogP contribution in [0.5, 0.6) is 0 Å². The minimum absolute atomic E-state index is 0.678. The van der Waals surface area contributed by atoms with Crippen molar-refractivity contribution in [2.24, 2.45) is 5.73 Å². The van der Waals surface area contributed by atoms with Crippen molar-refractivity contribution in [3.8, 4) is 0 Å². The molecule has 0 unspecified atom stereocenters. The van der Waals surface area contributed by atoms with E-state index in [1.165, 1.54) is 19.6 Å². The fourth-order valence-corrected chi connectivity index (χ4v) is 1.68. The summed E-state index contributed by atoms with van der Waals surface area (Å²) in [6.07, 6.45) is 0. The van der Waals surface area contributed by atoms with E-state index >= 15 is 0 Å². The highest BCUT2D eigenvalue weighted by Crippen LogP contribution is 2.05. The fourth-order valence-electron chi connectivity index (χ4n) is 1.68. The van der Waals surface area contributed by atoms with E-state index in [0.29, 0.717) is 6.04 Å². The fraction of sp³-hybridized carbons (Fsp3) is 1.00. The van der Waals surface area contributed by atoms with Crippen molar-refractivity contribution in [1.29, 1.82) is 0 Å². The second-order valence-corrected chi connectivity index (χ2v) is 3.44. The number of hydrogen-bond acceptors (Lipinski definition) is 3. The molecular formula is C8H19N3. The van der Waals surface area contributed by atoms with Crippen LogP contribution in [0.15, 0.2) is 0 Å². The maximum Gasteiger partial charge on any atom is 0.0195 e. The van der Waals surface area contributed by atoms with Gasteiger partial charge in [-0.15, -0.1) is 0 Å². The molecule has 1 fully saturated rings. The van der Waals surface area contributed by atoms with Gasteiger partial charge in [0.1, 0.15) is 0 Å². The van der Waals surface area contributed by atoms with E-state index in [9.17, 15) is 0 Å². The van der Waals surface area contributed by atoms with Crippen LogP contribution in [0.1, 0.15) is 6.92 Å². The Morgan fingerprint density at radius 1 is 1.45 bits per heavy atom. The molecule has 0 aliphatic carbocycles. The minimum Gasteiger partial charge on any atom is -0.329 e. The van der Waals surface area contributed by atoms with Crippen LogP contribution in [0.2, 0.25) is 0 Å². The lowest BCUT2D eigenvalue weighted by atomic mass is 10.2. The summed E-state index contributed by atoms with van der Waals surface area (Å²) >= 11 is 0. The van der Waals surface area contributed by atoms with Crippen molar-refractivity contribution < 1.29 is 0 Å². The molecule has 0 aromatic heterocycles. The molecule has 1 heterocycles. The molecule has 0 spiro atoms. The standard InChI is InChI=1S/C8H19N3/c1-8-7-10(2)5-6-11(8)4-3-9/h8H,3-7,9H2,1-2H3/t8-/m0/s1. The van der Waals surface area contributed by atoms with Crippen molar-refractivity contribution in [3.05, 3.63) is 0 Å². The highest BCUT2D eigenvalue weighted by molar-refractivity contribution is 4.76. The van der Waals surface area contributed by atoms with Crippen molar-refractivity contribution >= 4 is 0 Å². The van der Waals surface area contributed by atoms with E-state index in [1.54, 1.807) is 0 Å². The minimum atomic E-state index is 0.678. The highest BCUT2D eigenvalue weighted by Gasteiger charge is 2.19. The molecule has 1 aliphatic heterocycles. The molecule has 3 heteroatoms. The van der Waals surface area contributed by atoms with Gasteiger partial charge in [-0.1, -0.05) is 0 Å². The molecule has 1 atom stereocenters. The third-order valence-electron chi connectivity index (χ3n) is 2.38. The summed E-state index contributed by atoms with van der Waals surface area (Å²) in [5.41, 5.74) is 5.50. The first-order chi connectivity index (χ1) is 5.24. The number of likely N-dealkylation sites (N-methyl/N-ethyl adjacent to an activating group) is 1. The molecule has 1 rings (SSSR count). The summed E-state index contributed by atoms with van der Waals surface area (Å²) in [6.45, 7) is 7.65. The van der Waals surface area contributed by atoms with Gasteiger partial charge in [0.25, 0.3) is 0 Å². The lowest BCUT2D eigenvalue weighted by Gasteiger charge is -2.37. The first kappa shape index (κ1) is 8.97. The van der Waals surface area contributed by atoms with Gasteiger partial charge in [0, 0.05) is 38.8 Å². The van der Waals surface area contributed by atoms with Crippen molar-refractivity contribution in [1.82, 2.24) is 9.80 Å². The molecule has 0 saturated carbocycles. The van der Waals surface area contributed by atoms with E-state index in [-0.39, 0.29) is 0 Å². The molecule has 2 N–H and O–H groups in total. The SMILES string of the molecule is C[C@H]1CN(C)CCN1CCN. The van der Waals surface area contributed by atoms with Crippen LogP contribution in [-0.2, 0) is 0 Å². The molecule has 0 aromatic carbocycles. The summed E-state index contributed by atoms with van der Waals surface area (Å²) < 4.78 is 0. The van der Waals surface area contributed by atoms with Crippen molar-refractivity contribution in [2.75, 3.05) is 39.8 Å². The quantitative estimate of drug-likeness (QED) is 0.591. The van der Waals surface area contributed by atoms with Gasteiger partial charge in [0.2, 0.25) is 0 Å². The summed E-state index contributed by atoms with van der Waals surface area (Å²) in [7, 11) is 2.18. The number of nitrogens with two attached hydrogens (primary N) is 1. The largest absolute Gasteiger partial charge is 0.329 e. The van der Waals surface area contributed by atoms with Crippen LogP contribution in [0.25, 0.3) is 0 Å². The second-order valence-electron chi connectivity index (χ2n) is 3.44. The van der Waals surface area contributed by atoms with E-state index < -0.39 is 0 Å². The molecule has 1 aliphatic rings. The van der Waals surface area contributed by atoms with Gasteiger partial charge in [-0.25, -0.2) is 0 Å². The van der Waals surface area contributed by atoms with Crippen LogP contribution in [-0.4, -0.2) is 55.6 Å². The molecule has 0 bridgehead atoms. The normalized spacial score (nSPS) is 29.2. The molecule has 0 amide bonds. The molecule has 66 valence electrons. The van der Waals surface area contributed by atoms with Crippen LogP contribution in [0.3, 0.4) is 0 Å². The number of nitrogens with zero attached hydrogens (tertiary/aromatic N) is 2. The summed E-state index contributed by atoms with van der Waals surface area (Å²) in [4.78, 5) is 4.83. The van der Waals surface area contributed by atoms with Gasteiger partial charge in [0.15, 0.2) is 0 Å². The Morgan fingerprint density at radius 3 is 2.73 bits per heavy atom. The second kappa shape index (κ2) is 4.04. The Kier molecular flexibility index (Phi) is 3.30. The van der Waals surface area contributed by atoms with Crippen LogP contribution in [0.4, 0.5) is 0 Å². The predicted octanol–water partition coefficient (Wildman–Crippen LogP) is -0.419. The summed E-state index contributed by atoms with van der Waals surface area (Å²) in [5, 5.41) is 0. The van der Waals surface area contributed by atoms with Crippen molar-refractivity contribution in [3.63, 3.8) is 0 Å². The van der Waals surface area contributed by atoms with Gasteiger partial charge in [-0.05, 0) is 14.0 Å². The number of piperazine rings is 1. The number of rotatable bonds is 2. The first-order valence-corrected chi connectivity index (χ1v) is 4.36. The van der Waals surface area contributed by atoms with Gasteiger partial charge >= 0.3 is 0 Å². The van der Waals surface area contributed by atoms with Crippen LogP contribution >= 0.6 is 0 Å². The zero-order valence-electron chi connectivity index (χ0n) is 7.58. The summed E-state index contributed by atoms with van der Waals surface area (Å²) in [6, 6.07) is 0.678. The Bertz CT molecular complexity index is 116. The maximum atomic E-state index is 5.50. The smallest absolute Gasteiger partial charge is 0.0195 e. The Labute approximate surface area is 69.1 Å². The Morgan fingerprint density at radius 2 is 2.18 bits per heavy atom. The van der Waals surface area contributed by atoms with Gasteiger partial charge < -0.3 is 10.6 Å². The van der Waals surface area contributed by atoms with E-state index in [2.05, 4.69) is 23.8 Å². The molecule has 3 nitrogen and oxygen atoms in total. The zero-order chi connectivity index (χ0) is 8.27. The van der Waals surface area contributed by atoms with E-state index in [1.807, 2.05) is 0 Å². The average Bonchev–Trinajstić information content (AvgIpc) is 1.95. The molecule has 0 radical (unpaired) electrons. The zero-order valence-corrected chi connectivity index (χ0v) is 7.58. The maximum absolute atomic E-state index is 5.50. The lowest BCUT2D eigenvalue weighted by molar-refractivity contribution is 0.103. The van der Waals surface area contributed by atoms with Crippen LogP contribution in [0, 0.1) is 0 Å². The van der Waals surface area contributed by atoms with E-state index in [4.69, 9.17) is 5.73 Å². The molecular weight excluding hydrogens is 138 g/mol. The van der Waals surface area contributed by atoms with E-state index in [0.717, 1.165) is 13.1 Å². The Balaban J connectivity index is 2.31. The average molecular weight is 157 g/mol. The first-order valence-electron chi connectivity index (χ1n) is 4.36. The van der Waals surface area contributed by atoms with Crippen LogP contribution < -0.4 is 5.73 Å². The van der Waals surface area contributed by atoms with Gasteiger partial charge in [0.05, 0.1) is 0 Å². The molecule has 1 saturated heterocycles. The monoisotopic (exact) mass is 157 g/mol. The predicted molar refractivity (Wildman–Crippen MR) is 47.6 cm³/mol. The highest BCUT2D eigenvalue weighted by atomic mass is 15.3. The van der Waals surface area contributed by atoms with Gasteiger partial charge in [-0.3, -0.25) is 4.90 Å². The van der Waals surface area contributed by atoms with Crippen molar-refractivity contribution in [2.45, 2.75) is 13.0 Å².